The first-order valence-electron chi connectivity index (χ1n) is 7.34. The minimum atomic E-state index is 0.406. The second-order valence-electron chi connectivity index (χ2n) is 5.41. The van der Waals surface area contributed by atoms with Gasteiger partial charge in [0.05, 0.1) is 0 Å². The Labute approximate surface area is 144 Å². The van der Waals surface area contributed by atoms with E-state index in [4.69, 9.17) is 0 Å². The van der Waals surface area contributed by atoms with Crippen LogP contribution in [0, 0.1) is 0 Å². The number of benzene rings is 2. The quantitative estimate of drug-likeness (QED) is 0.626. The zero-order chi connectivity index (χ0) is 15.2. The molecule has 2 aromatic rings. The highest BCUT2D eigenvalue weighted by molar-refractivity contribution is 9.10. The molecule has 0 aliphatic carbocycles. The molecule has 1 nitrogen and oxygen atoms in total. The molecule has 2 atom stereocenters. The van der Waals surface area contributed by atoms with E-state index in [1.54, 1.807) is 0 Å². The smallest absolute Gasteiger partial charge is 0.0320 e. The Bertz CT molecular complexity index is 548. The second kappa shape index (κ2) is 8.11. The average Bonchev–Trinajstić information content (AvgIpc) is 2.48. The largest absolute Gasteiger partial charge is 0.307 e. The van der Waals surface area contributed by atoms with E-state index < -0.39 is 0 Å². The van der Waals surface area contributed by atoms with E-state index in [0.29, 0.717) is 12.1 Å². The monoisotopic (exact) mass is 409 g/mol. The Morgan fingerprint density at radius 3 is 1.95 bits per heavy atom. The maximum atomic E-state index is 3.74. The Kier molecular flexibility index (Phi) is 6.46. The average molecular weight is 411 g/mol. The summed E-state index contributed by atoms with van der Waals surface area (Å²) >= 11 is 6.97. The predicted octanol–water partition coefficient (Wildman–Crippen LogP) is 5.88. The zero-order valence-corrected chi connectivity index (χ0v) is 15.6. The van der Waals surface area contributed by atoms with Crippen molar-refractivity contribution >= 4 is 31.9 Å². The fraction of sp³-hybridized carbons (Fsp3) is 0.333. The van der Waals surface area contributed by atoms with Crippen molar-refractivity contribution < 1.29 is 0 Å². The lowest BCUT2D eigenvalue weighted by Crippen LogP contribution is -2.31. The first-order chi connectivity index (χ1) is 10.1. The van der Waals surface area contributed by atoms with E-state index in [2.05, 4.69) is 99.6 Å². The molecule has 0 fully saturated rings. The fourth-order valence-corrected chi connectivity index (χ4v) is 3.05. The van der Waals surface area contributed by atoms with E-state index >= 15 is 0 Å². The van der Waals surface area contributed by atoms with Gasteiger partial charge in [-0.3, -0.25) is 0 Å². The first kappa shape index (κ1) is 16.7. The van der Waals surface area contributed by atoms with Gasteiger partial charge in [0.2, 0.25) is 0 Å². The molecule has 0 aliphatic heterocycles. The molecule has 2 unspecified atom stereocenters. The lowest BCUT2D eigenvalue weighted by Gasteiger charge is -2.23. The SMILES string of the molecule is CCC(NC(C)Cc1ccc(Br)cc1)c1ccc(Br)cc1. The summed E-state index contributed by atoms with van der Waals surface area (Å²) in [7, 11) is 0. The van der Waals surface area contributed by atoms with Crippen molar-refractivity contribution in [1.29, 1.82) is 0 Å². The molecule has 0 aliphatic rings. The van der Waals surface area contributed by atoms with Crippen molar-refractivity contribution in [3.05, 3.63) is 68.6 Å². The van der Waals surface area contributed by atoms with Crippen molar-refractivity contribution in [2.24, 2.45) is 0 Å². The van der Waals surface area contributed by atoms with E-state index in [0.717, 1.165) is 21.8 Å². The molecular weight excluding hydrogens is 390 g/mol. The molecule has 0 aromatic heterocycles. The van der Waals surface area contributed by atoms with E-state index in [-0.39, 0.29) is 0 Å². The highest BCUT2D eigenvalue weighted by atomic mass is 79.9. The van der Waals surface area contributed by atoms with Gasteiger partial charge in [0.15, 0.2) is 0 Å². The number of hydrogen-bond donors (Lipinski definition) is 1. The summed E-state index contributed by atoms with van der Waals surface area (Å²) in [5, 5.41) is 3.74. The summed E-state index contributed by atoms with van der Waals surface area (Å²) in [6, 6.07) is 18.0. The highest BCUT2D eigenvalue weighted by Gasteiger charge is 2.12. The van der Waals surface area contributed by atoms with Gasteiger partial charge in [0, 0.05) is 21.0 Å². The van der Waals surface area contributed by atoms with Crippen molar-refractivity contribution in [2.75, 3.05) is 0 Å². The molecule has 1 N–H and O–H groups in total. The maximum Gasteiger partial charge on any atom is 0.0320 e. The van der Waals surface area contributed by atoms with Gasteiger partial charge in [-0.15, -0.1) is 0 Å². The maximum absolute atomic E-state index is 3.74. The van der Waals surface area contributed by atoms with Crippen LogP contribution in [0.2, 0.25) is 0 Å². The van der Waals surface area contributed by atoms with Crippen LogP contribution >= 0.6 is 31.9 Å². The molecule has 0 heterocycles. The molecule has 3 heteroatoms. The van der Waals surface area contributed by atoms with Gasteiger partial charge < -0.3 is 5.32 Å². The Balaban J connectivity index is 1.97. The molecule has 21 heavy (non-hydrogen) atoms. The van der Waals surface area contributed by atoms with E-state index in [1.807, 2.05) is 0 Å². The molecule has 0 radical (unpaired) electrons. The normalized spacial score (nSPS) is 13.9. The van der Waals surface area contributed by atoms with Crippen LogP contribution in [0.3, 0.4) is 0 Å². The van der Waals surface area contributed by atoms with Gasteiger partial charge in [-0.05, 0) is 55.2 Å². The number of halogens is 2. The summed E-state index contributed by atoms with van der Waals surface area (Å²) in [6.07, 6.45) is 2.13. The minimum Gasteiger partial charge on any atom is -0.307 e. The Morgan fingerprint density at radius 1 is 0.905 bits per heavy atom. The molecule has 0 bridgehead atoms. The summed E-state index contributed by atoms with van der Waals surface area (Å²) in [5.41, 5.74) is 2.72. The van der Waals surface area contributed by atoms with Crippen LogP contribution in [0.5, 0.6) is 0 Å². The lowest BCUT2D eigenvalue weighted by atomic mass is 10.0. The summed E-state index contributed by atoms with van der Waals surface area (Å²) in [5.74, 6) is 0. The van der Waals surface area contributed by atoms with Crippen molar-refractivity contribution in [3.63, 3.8) is 0 Å². The number of hydrogen-bond acceptors (Lipinski definition) is 1. The van der Waals surface area contributed by atoms with Crippen molar-refractivity contribution in [3.8, 4) is 0 Å². The number of rotatable bonds is 6. The Morgan fingerprint density at radius 2 is 1.43 bits per heavy atom. The molecule has 0 spiro atoms. The van der Waals surface area contributed by atoms with Gasteiger partial charge in [-0.1, -0.05) is 63.0 Å². The van der Waals surface area contributed by atoms with Crippen LogP contribution in [0.25, 0.3) is 0 Å². The minimum absolute atomic E-state index is 0.406. The van der Waals surface area contributed by atoms with Crippen LogP contribution in [0.4, 0.5) is 0 Å². The van der Waals surface area contributed by atoms with Gasteiger partial charge in [0.1, 0.15) is 0 Å². The third kappa shape index (κ3) is 5.24. The van der Waals surface area contributed by atoms with Crippen molar-refractivity contribution in [1.82, 2.24) is 5.32 Å². The van der Waals surface area contributed by atoms with Gasteiger partial charge in [-0.2, -0.15) is 0 Å². The third-order valence-electron chi connectivity index (χ3n) is 3.62. The number of nitrogens with one attached hydrogen (secondary N) is 1. The van der Waals surface area contributed by atoms with E-state index in [1.165, 1.54) is 11.1 Å². The summed E-state index contributed by atoms with van der Waals surface area (Å²) in [6.45, 7) is 4.48. The first-order valence-corrected chi connectivity index (χ1v) is 8.93. The lowest BCUT2D eigenvalue weighted by molar-refractivity contribution is 0.443. The Hall–Kier alpha value is -0.640. The molecular formula is C18H21Br2N. The van der Waals surface area contributed by atoms with Crippen LogP contribution in [0.15, 0.2) is 57.5 Å². The third-order valence-corrected chi connectivity index (χ3v) is 4.68. The van der Waals surface area contributed by atoms with Crippen LogP contribution in [-0.4, -0.2) is 6.04 Å². The van der Waals surface area contributed by atoms with Gasteiger partial charge >= 0.3 is 0 Å². The highest BCUT2D eigenvalue weighted by Crippen LogP contribution is 2.21. The van der Waals surface area contributed by atoms with Crippen LogP contribution in [-0.2, 0) is 6.42 Å². The zero-order valence-electron chi connectivity index (χ0n) is 12.4. The molecule has 2 aromatic carbocycles. The van der Waals surface area contributed by atoms with Crippen LogP contribution < -0.4 is 5.32 Å². The summed E-state index contributed by atoms with van der Waals surface area (Å²) in [4.78, 5) is 0. The standard InChI is InChI=1S/C18H21Br2N/c1-3-18(15-6-10-17(20)11-7-15)21-13(2)12-14-4-8-16(19)9-5-14/h4-11,13,18,21H,3,12H2,1-2H3. The fourth-order valence-electron chi connectivity index (χ4n) is 2.52. The predicted molar refractivity (Wildman–Crippen MR) is 97.6 cm³/mol. The van der Waals surface area contributed by atoms with Crippen LogP contribution in [0.1, 0.15) is 37.4 Å². The van der Waals surface area contributed by atoms with Gasteiger partial charge in [0.25, 0.3) is 0 Å². The van der Waals surface area contributed by atoms with Gasteiger partial charge in [-0.25, -0.2) is 0 Å². The summed E-state index contributed by atoms with van der Waals surface area (Å²) < 4.78 is 2.26. The second-order valence-corrected chi connectivity index (χ2v) is 7.24. The van der Waals surface area contributed by atoms with E-state index in [9.17, 15) is 0 Å². The molecule has 0 saturated carbocycles. The molecule has 0 amide bonds. The molecule has 112 valence electrons. The topological polar surface area (TPSA) is 12.0 Å². The molecule has 2 rings (SSSR count). The van der Waals surface area contributed by atoms with Crippen molar-refractivity contribution in [2.45, 2.75) is 38.8 Å². The molecule has 0 saturated heterocycles.